The zero-order valence-electron chi connectivity index (χ0n) is 48.8. The first-order valence-electron chi connectivity index (χ1n) is 28.7. The molecule has 0 N–H and O–H groups in total. The molecule has 0 amide bonds. The van der Waals surface area contributed by atoms with Gasteiger partial charge in [0.2, 0.25) is 0 Å². The van der Waals surface area contributed by atoms with Gasteiger partial charge in [-0.05, 0) is 225 Å². The number of aryl methyl sites for hydroxylation is 8. The van der Waals surface area contributed by atoms with E-state index in [1.807, 2.05) is 0 Å². The van der Waals surface area contributed by atoms with Gasteiger partial charge in [0.15, 0.2) is 0 Å². The van der Waals surface area contributed by atoms with E-state index in [1.165, 1.54) is 177 Å². The number of hydrogen-bond donors (Lipinski definition) is 0. The van der Waals surface area contributed by atoms with Crippen LogP contribution in [0.1, 0.15) is 146 Å². The van der Waals surface area contributed by atoms with Crippen molar-refractivity contribution in [3.05, 3.63) is 200 Å². The van der Waals surface area contributed by atoms with E-state index in [-0.39, 0.29) is 0 Å². The first kappa shape index (κ1) is 49.7. The van der Waals surface area contributed by atoms with Crippen LogP contribution in [-0.4, -0.2) is 8.80 Å². The second-order valence-electron chi connectivity index (χ2n) is 24.6. The van der Waals surface area contributed by atoms with E-state index in [1.54, 1.807) is 0 Å². The summed E-state index contributed by atoms with van der Waals surface area (Å²) in [7, 11) is 0. The average molecular weight is 1020 g/mol. The lowest BCUT2D eigenvalue weighted by Gasteiger charge is -2.30. The van der Waals surface area contributed by atoms with Crippen molar-refractivity contribution in [2.24, 2.45) is 0 Å². The first-order chi connectivity index (χ1) is 37.3. The Labute approximate surface area is 461 Å². The van der Waals surface area contributed by atoms with Crippen LogP contribution >= 0.6 is 0 Å². The summed E-state index contributed by atoms with van der Waals surface area (Å²) >= 11 is 0. The highest BCUT2D eigenvalue weighted by molar-refractivity contribution is 6.31. The van der Waals surface area contributed by atoms with E-state index < -0.39 is 0 Å². The van der Waals surface area contributed by atoms with Crippen molar-refractivity contribution in [2.75, 3.05) is 9.80 Å². The van der Waals surface area contributed by atoms with Gasteiger partial charge >= 0.3 is 0 Å². The van der Waals surface area contributed by atoms with Crippen molar-refractivity contribution in [1.82, 2.24) is 8.80 Å². The third-order valence-corrected chi connectivity index (χ3v) is 17.9. The average Bonchev–Trinajstić information content (AvgIpc) is 4.11. The maximum Gasteiger partial charge on any atom is 0.0621 e. The van der Waals surface area contributed by atoms with Gasteiger partial charge in [0, 0.05) is 65.8 Å². The number of nitrogens with zero attached hydrogens (tertiary/aromatic N) is 4. The molecule has 0 atom stereocenters. The van der Waals surface area contributed by atoms with Crippen LogP contribution in [0, 0.1) is 55.4 Å². The summed E-state index contributed by atoms with van der Waals surface area (Å²) in [5.41, 5.74) is 31.1. The van der Waals surface area contributed by atoms with Gasteiger partial charge in [-0.2, -0.15) is 0 Å². The fourth-order valence-electron chi connectivity index (χ4n) is 15.4. The molecule has 0 aliphatic rings. The summed E-state index contributed by atoms with van der Waals surface area (Å²) in [6.07, 6.45) is 0. The fourth-order valence-corrected chi connectivity index (χ4v) is 15.4. The van der Waals surface area contributed by atoms with Crippen LogP contribution in [0.2, 0.25) is 0 Å². The molecule has 13 rings (SSSR count). The van der Waals surface area contributed by atoms with Gasteiger partial charge in [-0.3, -0.25) is 0 Å². The molecule has 4 nitrogen and oxygen atoms in total. The predicted octanol–water partition coefficient (Wildman–Crippen LogP) is 21.9. The smallest absolute Gasteiger partial charge is 0.0621 e. The Morgan fingerprint density at radius 3 is 1.04 bits per heavy atom. The third-order valence-electron chi connectivity index (χ3n) is 17.9. The highest BCUT2D eigenvalue weighted by Crippen LogP contribution is 2.52. The normalized spacial score (nSPS) is 12.6. The lowest BCUT2D eigenvalue weighted by Crippen LogP contribution is -2.14. The Bertz CT molecular complexity index is 4470. The number of benzene rings is 9. The summed E-state index contributed by atoms with van der Waals surface area (Å²) in [6.45, 7) is 36.9. The summed E-state index contributed by atoms with van der Waals surface area (Å²) < 4.78 is 5.17. The molecule has 390 valence electrons. The number of aromatic nitrogens is 2. The van der Waals surface area contributed by atoms with E-state index in [0.29, 0.717) is 23.7 Å². The minimum Gasteiger partial charge on any atom is -0.310 e. The minimum atomic E-state index is 0.441. The van der Waals surface area contributed by atoms with Gasteiger partial charge in [-0.1, -0.05) is 110 Å². The van der Waals surface area contributed by atoms with Crippen molar-refractivity contribution >= 4 is 110 Å². The summed E-state index contributed by atoms with van der Waals surface area (Å²) in [4.78, 5) is 5.12. The second-order valence-corrected chi connectivity index (χ2v) is 24.6. The third kappa shape index (κ3) is 7.10. The van der Waals surface area contributed by atoms with Crippen molar-refractivity contribution < 1.29 is 0 Å². The van der Waals surface area contributed by atoms with E-state index in [4.69, 9.17) is 0 Å². The molecule has 9 aromatic carbocycles. The molecule has 0 aliphatic heterocycles. The Morgan fingerprint density at radius 2 is 0.654 bits per heavy atom. The molecule has 0 spiro atoms. The second kappa shape index (κ2) is 17.9. The van der Waals surface area contributed by atoms with Crippen LogP contribution in [0.15, 0.2) is 133 Å². The topological polar surface area (TPSA) is 15.3 Å². The number of fused-ring (bicyclic) bond motifs is 12. The quantitative estimate of drug-likeness (QED) is 0.136. The number of para-hydroxylation sites is 2. The predicted molar refractivity (Wildman–Crippen MR) is 339 cm³/mol. The summed E-state index contributed by atoms with van der Waals surface area (Å²) in [6, 6.07) is 52.5. The van der Waals surface area contributed by atoms with Crippen LogP contribution < -0.4 is 9.80 Å². The van der Waals surface area contributed by atoms with Gasteiger partial charge in [0.05, 0.1) is 44.5 Å². The Kier molecular flexibility index (Phi) is 11.4. The zero-order valence-corrected chi connectivity index (χ0v) is 48.8. The molecule has 0 radical (unpaired) electrons. The maximum atomic E-state index is 2.58. The molecule has 0 unspecified atom stereocenters. The molecule has 0 fully saturated rings. The number of rotatable bonds is 10. The van der Waals surface area contributed by atoms with Gasteiger partial charge < -0.3 is 18.6 Å². The van der Waals surface area contributed by atoms with Crippen molar-refractivity contribution in [3.63, 3.8) is 0 Å². The molecule has 78 heavy (non-hydrogen) atoms. The molecule has 4 aromatic heterocycles. The van der Waals surface area contributed by atoms with Crippen LogP contribution in [0.4, 0.5) is 34.1 Å². The highest BCUT2D eigenvalue weighted by Gasteiger charge is 2.29. The summed E-state index contributed by atoms with van der Waals surface area (Å²) in [5, 5.41) is 10.2. The molecular formula is C74H74N4. The van der Waals surface area contributed by atoms with Gasteiger partial charge in [0.1, 0.15) is 0 Å². The molecule has 4 heteroatoms. The standard InChI is InChI=1S/C74H74N4/c1-39(2)58-35-44(10)65(36-43(58)9)76(53-33-49(15)70(42(7)8)50(16)34-53)62-26-20-28-64-72(62)57-24-18-22-55-60-37-66-59(38-67(60)78(64)74(55)57)54-21-17-23-56-71-61(25-19-27-63(71)77(66)73(54)56)75(51-29-45(11)68(40(3)4)46(12)30-51)52-31-47(13)69(41(5)6)48(14)32-52/h17-42H,1-16H3. The van der Waals surface area contributed by atoms with E-state index in [9.17, 15) is 0 Å². The first-order valence-corrected chi connectivity index (χ1v) is 28.7. The number of hydrogen-bond acceptors (Lipinski definition) is 2. The van der Waals surface area contributed by atoms with Gasteiger partial charge in [-0.15, -0.1) is 0 Å². The molecule has 13 aromatic rings. The van der Waals surface area contributed by atoms with E-state index >= 15 is 0 Å². The molecule has 0 aliphatic carbocycles. The van der Waals surface area contributed by atoms with Gasteiger partial charge in [-0.25, -0.2) is 0 Å². The largest absolute Gasteiger partial charge is 0.310 e. The van der Waals surface area contributed by atoms with E-state index in [0.717, 1.165) is 0 Å². The van der Waals surface area contributed by atoms with Crippen molar-refractivity contribution in [3.8, 4) is 0 Å². The van der Waals surface area contributed by atoms with Gasteiger partial charge in [0.25, 0.3) is 0 Å². The van der Waals surface area contributed by atoms with Crippen LogP contribution in [0.25, 0.3) is 76.2 Å². The lowest BCUT2D eigenvalue weighted by atomic mass is 9.91. The van der Waals surface area contributed by atoms with E-state index in [2.05, 4.69) is 263 Å². The Balaban J connectivity index is 1.07. The molecule has 0 saturated heterocycles. The van der Waals surface area contributed by atoms with Crippen molar-refractivity contribution in [1.29, 1.82) is 0 Å². The number of anilines is 6. The molecule has 4 heterocycles. The monoisotopic (exact) mass is 1020 g/mol. The zero-order chi connectivity index (χ0) is 54.7. The Morgan fingerprint density at radius 1 is 0.295 bits per heavy atom. The van der Waals surface area contributed by atoms with Crippen LogP contribution in [0.5, 0.6) is 0 Å². The lowest BCUT2D eigenvalue weighted by molar-refractivity contribution is 0.845. The highest BCUT2D eigenvalue weighted by atomic mass is 15.2. The van der Waals surface area contributed by atoms with Crippen LogP contribution in [-0.2, 0) is 0 Å². The molecule has 0 saturated carbocycles. The molecule has 0 bridgehead atoms. The van der Waals surface area contributed by atoms with Crippen LogP contribution in [0.3, 0.4) is 0 Å². The van der Waals surface area contributed by atoms with Crippen molar-refractivity contribution in [2.45, 2.75) is 134 Å². The fraction of sp³-hybridized carbons (Fsp3) is 0.270. The Hall–Kier alpha value is -7.82. The maximum absolute atomic E-state index is 2.58. The SMILES string of the molecule is Cc1cc(N(c2cc(C)c(C(C)C)c(C)c2)c2cccc3c2c2cccc4c5cc6c(cc5n3c42)c2cccc3c4c(N(c5cc(C)c(C(C)C)c(C)c5)c5cc(C)c(C(C)C)c(C)c5)cccc4n6c23)c(C)cc1C(C)C. The molecular weight excluding hydrogens is 945 g/mol. The minimum absolute atomic E-state index is 0.441. The summed E-state index contributed by atoms with van der Waals surface area (Å²) in [5.74, 6) is 1.77.